The lowest BCUT2D eigenvalue weighted by Crippen LogP contribution is -2.04. The Bertz CT molecular complexity index is 3430. The molecule has 0 aliphatic carbocycles. The highest BCUT2D eigenvalue weighted by atomic mass is 16.3. The molecule has 0 atom stereocenters. The van der Waals surface area contributed by atoms with E-state index in [9.17, 15) is 0 Å². The lowest BCUT2D eigenvalue weighted by Gasteiger charge is -2.21. The largest absolute Gasteiger partial charge is 0.456 e. The van der Waals surface area contributed by atoms with Crippen molar-refractivity contribution in [2.75, 3.05) is 0 Å². The average Bonchev–Trinajstić information content (AvgIpc) is 3.86. The molecule has 60 heavy (non-hydrogen) atoms. The summed E-state index contributed by atoms with van der Waals surface area (Å²) in [6.45, 7) is 15.6. The molecule has 3 aromatic heterocycles. The van der Waals surface area contributed by atoms with Crippen LogP contribution in [0.25, 0.3) is 116 Å². The molecule has 0 N–H and O–H groups in total. The van der Waals surface area contributed by atoms with Crippen molar-refractivity contribution >= 4 is 55.1 Å². The van der Waals surface area contributed by atoms with Gasteiger partial charge in [-0.05, 0) is 76.5 Å². The number of nitrogens with zero attached hydrogens (tertiary/aromatic N) is 6. The van der Waals surface area contributed by atoms with Gasteiger partial charge < -0.3 is 8.98 Å². The first-order valence-corrected chi connectivity index (χ1v) is 19.5. The number of benzene rings is 8. The van der Waals surface area contributed by atoms with E-state index in [4.69, 9.17) is 32.5 Å². The van der Waals surface area contributed by atoms with E-state index in [0.29, 0.717) is 28.8 Å². The number of aromatic nitrogens is 4. The fourth-order valence-corrected chi connectivity index (χ4v) is 8.27. The molecule has 0 aliphatic heterocycles. The zero-order valence-electron chi connectivity index (χ0n) is 31.9. The number of rotatable bonds is 6. The quantitative estimate of drug-likeness (QED) is 0.158. The van der Waals surface area contributed by atoms with Gasteiger partial charge in [0.2, 0.25) is 0 Å². The van der Waals surface area contributed by atoms with Crippen LogP contribution in [0.4, 0.5) is 11.4 Å². The summed E-state index contributed by atoms with van der Waals surface area (Å²) in [5.74, 6) is 1.61. The molecular formula is C53H30N6O. The Kier molecular flexibility index (Phi) is 8.11. The highest BCUT2D eigenvalue weighted by Crippen LogP contribution is 2.45. The monoisotopic (exact) mass is 766 g/mol. The first kappa shape index (κ1) is 34.6. The smallest absolute Gasteiger partial charge is 0.188 e. The van der Waals surface area contributed by atoms with E-state index in [1.807, 2.05) is 133 Å². The second-order valence-corrected chi connectivity index (χ2v) is 14.6. The molecule has 7 heteroatoms. The third-order valence-corrected chi connectivity index (χ3v) is 11.1. The van der Waals surface area contributed by atoms with Gasteiger partial charge in [0.15, 0.2) is 28.8 Å². The Morgan fingerprint density at radius 1 is 0.383 bits per heavy atom. The minimum atomic E-state index is 0.523. The SMILES string of the molecule is [C-]#[N+]c1ccc2c(c1)c1cc([N+]#[C-])ccc1n2-c1c(-c2ccccc2)cc(-c2nc(-c3ccccc3)nc(-c3ccc4c(c3)oc3ccccc34)n2)cc1-c1ccccc1. The van der Waals surface area contributed by atoms with Crippen LogP contribution < -0.4 is 0 Å². The Labute approximate surface area is 344 Å². The molecule has 0 amide bonds. The summed E-state index contributed by atoms with van der Waals surface area (Å²) in [5.41, 5.74) is 11.9. The van der Waals surface area contributed by atoms with Crippen molar-refractivity contribution in [1.29, 1.82) is 0 Å². The summed E-state index contributed by atoms with van der Waals surface area (Å²) in [7, 11) is 0. The first-order valence-electron chi connectivity index (χ1n) is 19.5. The van der Waals surface area contributed by atoms with Crippen molar-refractivity contribution in [3.8, 4) is 62.1 Å². The number of fused-ring (bicyclic) bond motifs is 6. The molecule has 0 saturated carbocycles. The van der Waals surface area contributed by atoms with Crippen molar-refractivity contribution in [1.82, 2.24) is 19.5 Å². The molecule has 7 nitrogen and oxygen atoms in total. The van der Waals surface area contributed by atoms with Gasteiger partial charge in [-0.3, -0.25) is 0 Å². The molecule has 11 aromatic rings. The molecule has 0 radical (unpaired) electrons. The van der Waals surface area contributed by atoms with Gasteiger partial charge in [0.1, 0.15) is 11.2 Å². The number of hydrogen-bond donors (Lipinski definition) is 0. The summed E-state index contributed by atoms with van der Waals surface area (Å²) in [6.07, 6.45) is 0. The van der Waals surface area contributed by atoms with Gasteiger partial charge in [0.25, 0.3) is 0 Å². The van der Waals surface area contributed by atoms with Gasteiger partial charge in [-0.15, -0.1) is 0 Å². The molecular weight excluding hydrogens is 737 g/mol. The topological polar surface area (TPSA) is 65.5 Å². The van der Waals surface area contributed by atoms with Crippen LogP contribution in [0.15, 0.2) is 186 Å². The second-order valence-electron chi connectivity index (χ2n) is 14.6. The fourth-order valence-electron chi connectivity index (χ4n) is 8.27. The van der Waals surface area contributed by atoms with Crippen molar-refractivity contribution in [3.63, 3.8) is 0 Å². The van der Waals surface area contributed by atoms with Crippen molar-refractivity contribution < 1.29 is 4.42 Å². The van der Waals surface area contributed by atoms with E-state index in [2.05, 4.69) is 62.8 Å². The molecule has 0 saturated heterocycles. The van der Waals surface area contributed by atoms with Crippen molar-refractivity contribution in [2.24, 2.45) is 0 Å². The lowest BCUT2D eigenvalue weighted by atomic mass is 9.92. The molecule has 8 aromatic carbocycles. The lowest BCUT2D eigenvalue weighted by molar-refractivity contribution is 0.669. The van der Waals surface area contributed by atoms with Crippen LogP contribution in [0.2, 0.25) is 0 Å². The van der Waals surface area contributed by atoms with E-state index >= 15 is 0 Å². The van der Waals surface area contributed by atoms with E-state index in [1.54, 1.807) is 0 Å². The van der Waals surface area contributed by atoms with Gasteiger partial charge in [-0.2, -0.15) is 0 Å². The maximum absolute atomic E-state index is 7.82. The van der Waals surface area contributed by atoms with Crippen LogP contribution >= 0.6 is 0 Å². The number of hydrogen-bond acceptors (Lipinski definition) is 4. The minimum Gasteiger partial charge on any atom is -0.456 e. The van der Waals surface area contributed by atoms with Crippen LogP contribution in [0.5, 0.6) is 0 Å². The highest BCUT2D eigenvalue weighted by Gasteiger charge is 2.24. The Morgan fingerprint density at radius 3 is 1.43 bits per heavy atom. The Morgan fingerprint density at radius 2 is 0.867 bits per heavy atom. The summed E-state index contributed by atoms with van der Waals surface area (Å²) in [6, 6.07) is 60.8. The van der Waals surface area contributed by atoms with Crippen LogP contribution in [0, 0.1) is 13.1 Å². The predicted octanol–water partition coefficient (Wildman–Crippen LogP) is 14.3. The Hall–Kier alpha value is -8.65. The molecule has 11 rings (SSSR count). The van der Waals surface area contributed by atoms with Crippen LogP contribution in [0.1, 0.15) is 0 Å². The van der Waals surface area contributed by atoms with Crippen molar-refractivity contribution in [3.05, 3.63) is 205 Å². The average molecular weight is 767 g/mol. The maximum Gasteiger partial charge on any atom is 0.188 e. The maximum atomic E-state index is 7.82. The van der Waals surface area contributed by atoms with Gasteiger partial charge in [-0.25, -0.2) is 24.6 Å². The summed E-state index contributed by atoms with van der Waals surface area (Å²) >= 11 is 0. The highest BCUT2D eigenvalue weighted by molar-refractivity contribution is 6.13. The van der Waals surface area contributed by atoms with E-state index < -0.39 is 0 Å². The van der Waals surface area contributed by atoms with Crippen LogP contribution in [-0.4, -0.2) is 19.5 Å². The van der Waals surface area contributed by atoms with Crippen LogP contribution in [0.3, 0.4) is 0 Å². The number of furan rings is 1. The van der Waals surface area contributed by atoms with Gasteiger partial charge >= 0.3 is 0 Å². The zero-order valence-corrected chi connectivity index (χ0v) is 31.9. The molecule has 0 aliphatic rings. The normalized spacial score (nSPS) is 11.3. The number of para-hydroxylation sites is 1. The van der Waals surface area contributed by atoms with Crippen molar-refractivity contribution in [2.45, 2.75) is 0 Å². The molecule has 0 bridgehead atoms. The summed E-state index contributed by atoms with van der Waals surface area (Å²) in [5, 5.41) is 3.90. The molecule has 0 spiro atoms. The van der Waals surface area contributed by atoms with Crippen LogP contribution in [-0.2, 0) is 0 Å². The molecule has 0 fully saturated rings. The third-order valence-electron chi connectivity index (χ3n) is 11.1. The first-order chi connectivity index (χ1) is 29.6. The fraction of sp³-hybridized carbons (Fsp3) is 0. The summed E-state index contributed by atoms with van der Waals surface area (Å²) < 4.78 is 8.58. The minimum absolute atomic E-state index is 0.523. The summed E-state index contributed by atoms with van der Waals surface area (Å²) in [4.78, 5) is 23.0. The molecule has 3 heterocycles. The van der Waals surface area contributed by atoms with E-state index in [-0.39, 0.29) is 0 Å². The van der Waals surface area contributed by atoms with E-state index in [1.165, 1.54) is 0 Å². The standard InChI is InChI=1S/C53H30N6O/c1-54-38-23-26-46-44(31-38)45-32-39(55-2)24-27-47(45)59(46)50-42(33-14-6-3-7-15-33)28-37(29-43(50)34-16-8-4-9-17-34)53-57-51(35-18-10-5-11-19-35)56-52(58-53)36-22-25-41-40-20-12-13-21-48(40)60-49(41)30-36/h3-32H. The van der Waals surface area contributed by atoms with E-state index in [0.717, 1.165) is 88.4 Å². The molecule has 278 valence electrons. The van der Waals surface area contributed by atoms with Gasteiger partial charge in [-0.1, -0.05) is 127 Å². The zero-order chi connectivity index (χ0) is 40.2. The Balaban J connectivity index is 1.22. The predicted molar refractivity (Wildman–Crippen MR) is 241 cm³/mol. The van der Waals surface area contributed by atoms with Gasteiger partial charge in [0, 0.05) is 38.6 Å². The third kappa shape index (κ3) is 5.77. The van der Waals surface area contributed by atoms with Gasteiger partial charge in [0.05, 0.1) is 29.9 Å². The second kappa shape index (κ2) is 14.1. The molecule has 0 unspecified atom stereocenters.